The maximum atomic E-state index is 13.6. The molecule has 2 fully saturated rings. The zero-order chi connectivity index (χ0) is 19.1. The molecule has 6 nitrogen and oxygen atoms in total. The van der Waals surface area contributed by atoms with Crippen LogP contribution >= 0.6 is 0 Å². The maximum Gasteiger partial charge on any atom is 0.486 e. The Balaban J connectivity index is 2.19. The zero-order valence-corrected chi connectivity index (χ0v) is 14.3. The lowest BCUT2D eigenvalue weighted by Crippen LogP contribution is -2.52. The van der Waals surface area contributed by atoms with Gasteiger partial charge in [-0.25, -0.2) is 9.59 Å². The van der Waals surface area contributed by atoms with Gasteiger partial charge in [-0.2, -0.15) is 13.2 Å². The highest BCUT2D eigenvalue weighted by Crippen LogP contribution is 2.57. The molecule has 0 radical (unpaired) electrons. The van der Waals surface area contributed by atoms with Crippen molar-refractivity contribution in [1.82, 2.24) is 0 Å². The third kappa shape index (κ3) is 3.52. The van der Waals surface area contributed by atoms with Crippen LogP contribution in [-0.2, 0) is 28.5 Å². The van der Waals surface area contributed by atoms with Crippen LogP contribution in [0.5, 0.6) is 0 Å². The summed E-state index contributed by atoms with van der Waals surface area (Å²) in [7, 11) is 0. The second-order valence-electron chi connectivity index (χ2n) is 6.80. The summed E-state index contributed by atoms with van der Waals surface area (Å²) in [5, 5.41) is 0. The van der Waals surface area contributed by atoms with E-state index < -0.39 is 41.9 Å². The first-order chi connectivity index (χ1) is 11.3. The second kappa shape index (κ2) is 6.28. The fourth-order valence-electron chi connectivity index (χ4n) is 3.12. The van der Waals surface area contributed by atoms with E-state index in [-0.39, 0.29) is 5.57 Å². The highest BCUT2D eigenvalue weighted by molar-refractivity contribution is 5.88. The molecule has 1 saturated carbocycles. The standard InChI is InChI=1S/C16H21F3O6/c1-10(2)12(21)22-9-11(20)23-16(15(17,18)19)24-13(3,4)14(25-16)7-5-6-8-14/h1,5-9H2,2-4H3. The fourth-order valence-corrected chi connectivity index (χ4v) is 3.12. The number of alkyl halides is 3. The van der Waals surface area contributed by atoms with Crippen LogP contribution in [0.3, 0.4) is 0 Å². The van der Waals surface area contributed by atoms with Crippen LogP contribution < -0.4 is 0 Å². The lowest BCUT2D eigenvalue weighted by atomic mass is 9.85. The van der Waals surface area contributed by atoms with Crippen LogP contribution in [0.1, 0.15) is 46.5 Å². The predicted octanol–water partition coefficient (Wildman–Crippen LogP) is 3.00. The zero-order valence-electron chi connectivity index (χ0n) is 14.3. The molecule has 0 amide bonds. The van der Waals surface area contributed by atoms with E-state index in [1.807, 2.05) is 0 Å². The molecule has 0 N–H and O–H groups in total. The summed E-state index contributed by atoms with van der Waals surface area (Å²) >= 11 is 0. The molecule has 1 spiro atoms. The quantitative estimate of drug-likeness (QED) is 0.563. The third-order valence-electron chi connectivity index (χ3n) is 4.49. The van der Waals surface area contributed by atoms with E-state index in [1.165, 1.54) is 20.8 Å². The van der Waals surface area contributed by atoms with Gasteiger partial charge in [0.15, 0.2) is 6.61 Å². The Morgan fingerprint density at radius 1 is 1.16 bits per heavy atom. The number of halogens is 3. The smallest absolute Gasteiger partial charge is 0.450 e. The molecular weight excluding hydrogens is 345 g/mol. The number of esters is 2. The largest absolute Gasteiger partial charge is 0.486 e. The Morgan fingerprint density at radius 2 is 1.72 bits per heavy atom. The van der Waals surface area contributed by atoms with Gasteiger partial charge in [0.25, 0.3) is 0 Å². The molecule has 2 rings (SSSR count). The minimum absolute atomic E-state index is 0.00209. The van der Waals surface area contributed by atoms with E-state index >= 15 is 0 Å². The van der Waals surface area contributed by atoms with Crippen molar-refractivity contribution in [2.75, 3.05) is 6.61 Å². The molecule has 1 aliphatic carbocycles. The fraction of sp³-hybridized carbons (Fsp3) is 0.750. The topological polar surface area (TPSA) is 71.1 Å². The van der Waals surface area contributed by atoms with Crippen molar-refractivity contribution in [3.05, 3.63) is 12.2 Å². The number of carbonyl (C=O) groups is 2. The SMILES string of the molecule is C=C(C)C(=O)OCC(=O)OC1(C(F)(F)F)OC(C)(C)C2(CCCC2)O1. The van der Waals surface area contributed by atoms with Crippen LogP contribution in [0.4, 0.5) is 13.2 Å². The molecule has 1 saturated heterocycles. The molecule has 0 aromatic carbocycles. The van der Waals surface area contributed by atoms with Gasteiger partial charge in [-0.15, -0.1) is 0 Å². The van der Waals surface area contributed by atoms with Gasteiger partial charge in [-0.05, 0) is 33.6 Å². The maximum absolute atomic E-state index is 13.6. The second-order valence-corrected chi connectivity index (χ2v) is 6.80. The summed E-state index contributed by atoms with van der Waals surface area (Å²) in [6.45, 7) is 6.57. The van der Waals surface area contributed by atoms with Gasteiger partial charge in [0.1, 0.15) is 5.60 Å². The first-order valence-electron chi connectivity index (χ1n) is 7.86. The van der Waals surface area contributed by atoms with Crippen molar-refractivity contribution in [2.45, 2.75) is 69.8 Å². The summed E-state index contributed by atoms with van der Waals surface area (Å²) in [6.07, 6.45) is -3.03. The lowest BCUT2D eigenvalue weighted by molar-refractivity contribution is -0.449. The molecule has 0 aromatic rings. The first-order valence-corrected chi connectivity index (χ1v) is 7.86. The summed E-state index contributed by atoms with van der Waals surface area (Å²) in [4.78, 5) is 23.1. The molecule has 1 heterocycles. The van der Waals surface area contributed by atoms with Gasteiger partial charge in [0.05, 0.1) is 5.60 Å². The number of rotatable bonds is 4. The lowest BCUT2D eigenvalue weighted by Gasteiger charge is -2.33. The van der Waals surface area contributed by atoms with E-state index in [0.29, 0.717) is 25.7 Å². The van der Waals surface area contributed by atoms with Crippen LogP contribution in [-0.4, -0.2) is 41.9 Å². The Morgan fingerprint density at radius 3 is 2.20 bits per heavy atom. The number of hydrogen-bond acceptors (Lipinski definition) is 6. The van der Waals surface area contributed by atoms with E-state index in [2.05, 4.69) is 16.1 Å². The van der Waals surface area contributed by atoms with Crippen molar-refractivity contribution in [1.29, 1.82) is 0 Å². The summed E-state index contributed by atoms with van der Waals surface area (Å²) in [6, 6.07) is 0. The predicted molar refractivity (Wildman–Crippen MR) is 78.1 cm³/mol. The van der Waals surface area contributed by atoms with Crippen molar-refractivity contribution in [3.63, 3.8) is 0 Å². The molecule has 0 bridgehead atoms. The number of hydrogen-bond donors (Lipinski definition) is 0. The van der Waals surface area contributed by atoms with Crippen molar-refractivity contribution < 1.29 is 41.7 Å². The third-order valence-corrected chi connectivity index (χ3v) is 4.49. The van der Waals surface area contributed by atoms with E-state index in [1.54, 1.807) is 0 Å². The van der Waals surface area contributed by atoms with E-state index in [9.17, 15) is 22.8 Å². The highest BCUT2D eigenvalue weighted by Gasteiger charge is 2.75. The monoisotopic (exact) mass is 366 g/mol. The van der Waals surface area contributed by atoms with E-state index in [0.717, 1.165) is 0 Å². The molecule has 0 aromatic heterocycles. The van der Waals surface area contributed by atoms with Gasteiger partial charge in [-0.3, -0.25) is 0 Å². The molecule has 2 aliphatic rings. The van der Waals surface area contributed by atoms with Gasteiger partial charge in [0, 0.05) is 5.57 Å². The average Bonchev–Trinajstić information content (AvgIpc) is 3.00. The summed E-state index contributed by atoms with van der Waals surface area (Å²) in [5.41, 5.74) is -2.51. The molecule has 142 valence electrons. The first kappa shape index (κ1) is 19.7. The summed E-state index contributed by atoms with van der Waals surface area (Å²) in [5.74, 6) is -5.87. The van der Waals surface area contributed by atoms with Crippen LogP contribution in [0.2, 0.25) is 0 Å². The molecule has 25 heavy (non-hydrogen) atoms. The minimum Gasteiger partial charge on any atom is -0.450 e. The van der Waals surface area contributed by atoms with Gasteiger partial charge in [0.2, 0.25) is 0 Å². The normalized spacial score (nSPS) is 27.3. The Labute approximate surface area is 143 Å². The van der Waals surface area contributed by atoms with Gasteiger partial charge < -0.3 is 18.9 Å². The van der Waals surface area contributed by atoms with Gasteiger partial charge >= 0.3 is 24.1 Å². The van der Waals surface area contributed by atoms with Crippen LogP contribution in [0.25, 0.3) is 0 Å². The molecule has 1 unspecified atom stereocenters. The van der Waals surface area contributed by atoms with Crippen LogP contribution in [0, 0.1) is 0 Å². The number of carbonyl (C=O) groups excluding carboxylic acids is 2. The van der Waals surface area contributed by atoms with Crippen molar-refractivity contribution in [3.8, 4) is 0 Å². The minimum atomic E-state index is -5.12. The Bertz CT molecular complexity index is 577. The molecule has 9 heteroatoms. The average molecular weight is 366 g/mol. The Kier molecular flexibility index (Phi) is 4.95. The molecule has 1 atom stereocenters. The van der Waals surface area contributed by atoms with E-state index in [4.69, 9.17) is 9.47 Å². The van der Waals surface area contributed by atoms with Crippen LogP contribution in [0.15, 0.2) is 12.2 Å². The summed E-state index contributed by atoms with van der Waals surface area (Å²) < 4.78 is 60.3. The highest BCUT2D eigenvalue weighted by atomic mass is 19.4. The molecule has 1 aliphatic heterocycles. The van der Waals surface area contributed by atoms with Crippen molar-refractivity contribution in [2.24, 2.45) is 0 Å². The van der Waals surface area contributed by atoms with Crippen molar-refractivity contribution >= 4 is 11.9 Å². The Hall–Kier alpha value is -1.61. The van der Waals surface area contributed by atoms with Gasteiger partial charge in [-0.1, -0.05) is 19.4 Å². The number of ether oxygens (including phenoxy) is 4. The molecular formula is C16H21F3O6.